The largest absolute Gasteiger partial charge is 0.446 e. The lowest BCUT2D eigenvalue weighted by atomic mass is 10.0. The summed E-state index contributed by atoms with van der Waals surface area (Å²) in [7, 11) is 0. The van der Waals surface area contributed by atoms with Crippen molar-refractivity contribution in [3.63, 3.8) is 0 Å². The normalized spacial score (nSPS) is 20.1. The lowest BCUT2D eigenvalue weighted by molar-refractivity contribution is -0.137. The zero-order chi connectivity index (χ0) is 26.6. The van der Waals surface area contributed by atoms with Gasteiger partial charge in [0, 0.05) is 25.1 Å². The number of carbonyl (C=O) groups is 5. The number of alkyl carbamates (subject to hydrolysis) is 1. The highest BCUT2D eigenvalue weighted by Crippen LogP contribution is 2.28. The van der Waals surface area contributed by atoms with Crippen LogP contribution in [0.1, 0.15) is 71.6 Å². The van der Waals surface area contributed by atoms with Gasteiger partial charge in [0.25, 0.3) is 5.91 Å². The lowest BCUT2D eigenvalue weighted by Crippen LogP contribution is -2.52. The molecule has 38 heavy (non-hydrogen) atoms. The van der Waals surface area contributed by atoms with Crippen LogP contribution in [0.5, 0.6) is 0 Å². The fourth-order valence-electron chi connectivity index (χ4n) is 5.28. The van der Waals surface area contributed by atoms with Gasteiger partial charge in [-0.25, -0.2) is 4.79 Å². The number of imide groups is 1. The molecule has 2 fully saturated rings. The van der Waals surface area contributed by atoms with Crippen molar-refractivity contribution >= 4 is 29.7 Å². The molecular weight excluding hydrogens is 488 g/mol. The van der Waals surface area contributed by atoms with E-state index in [0.717, 1.165) is 36.8 Å². The van der Waals surface area contributed by atoms with Gasteiger partial charge in [0.2, 0.25) is 17.7 Å². The molecule has 0 bridgehead atoms. The van der Waals surface area contributed by atoms with Crippen LogP contribution < -0.4 is 16.0 Å². The molecule has 1 unspecified atom stereocenters. The van der Waals surface area contributed by atoms with Gasteiger partial charge in [-0.15, -0.1) is 0 Å². The number of ether oxygens (including phenoxy) is 1. The van der Waals surface area contributed by atoms with E-state index in [1.54, 1.807) is 36.4 Å². The van der Waals surface area contributed by atoms with Gasteiger partial charge in [-0.05, 0) is 54.9 Å². The second-order valence-electron chi connectivity index (χ2n) is 9.91. The van der Waals surface area contributed by atoms with Crippen molar-refractivity contribution in [1.29, 1.82) is 0 Å². The third-order valence-corrected chi connectivity index (χ3v) is 7.29. The molecule has 5 rings (SSSR count). The molecule has 3 aliphatic rings. The van der Waals surface area contributed by atoms with Gasteiger partial charge < -0.3 is 20.3 Å². The quantitative estimate of drug-likeness (QED) is 0.482. The Balaban J connectivity index is 1.23. The number of benzene rings is 2. The molecule has 1 saturated carbocycles. The Hall–Kier alpha value is -4.21. The molecule has 10 nitrogen and oxygen atoms in total. The second kappa shape index (κ2) is 11.0. The fourth-order valence-corrected chi connectivity index (χ4v) is 5.28. The maximum Gasteiger partial charge on any atom is 0.408 e. The number of piperidine rings is 1. The second-order valence-corrected chi connectivity index (χ2v) is 9.91. The van der Waals surface area contributed by atoms with Crippen molar-refractivity contribution in [3.8, 4) is 0 Å². The SMILES string of the molecule is O=C1CCC(N2Cc3cc(CNC(=O)[C@@H](NC(=O)OC4CCCC4)c4ccccc4)ccc3C2=O)C(=O)N1. The van der Waals surface area contributed by atoms with Gasteiger partial charge in [0.05, 0.1) is 0 Å². The van der Waals surface area contributed by atoms with Crippen LogP contribution in [0.3, 0.4) is 0 Å². The molecule has 2 aliphatic heterocycles. The van der Waals surface area contributed by atoms with E-state index in [1.165, 1.54) is 4.90 Å². The number of nitrogens with zero attached hydrogens (tertiary/aromatic N) is 1. The van der Waals surface area contributed by atoms with Crippen molar-refractivity contribution in [2.24, 2.45) is 0 Å². The highest BCUT2D eigenvalue weighted by Gasteiger charge is 2.39. The van der Waals surface area contributed by atoms with Crippen LogP contribution in [0.15, 0.2) is 48.5 Å². The van der Waals surface area contributed by atoms with Crippen molar-refractivity contribution in [3.05, 3.63) is 70.8 Å². The summed E-state index contributed by atoms with van der Waals surface area (Å²) in [6.07, 6.45) is 3.46. The fraction of sp³-hybridized carbons (Fsp3) is 0.393. The number of carbonyl (C=O) groups excluding carboxylic acids is 5. The highest BCUT2D eigenvalue weighted by molar-refractivity contribution is 6.05. The van der Waals surface area contributed by atoms with Gasteiger partial charge in [0.15, 0.2) is 0 Å². The first-order valence-corrected chi connectivity index (χ1v) is 13.0. The van der Waals surface area contributed by atoms with Crippen LogP contribution in [-0.4, -0.2) is 46.8 Å². The predicted molar refractivity (Wildman–Crippen MR) is 135 cm³/mol. The van der Waals surface area contributed by atoms with E-state index in [0.29, 0.717) is 17.5 Å². The number of rotatable bonds is 7. The number of nitrogens with one attached hydrogen (secondary N) is 3. The molecular formula is C28H30N4O6. The van der Waals surface area contributed by atoms with E-state index in [4.69, 9.17) is 4.74 Å². The molecule has 2 heterocycles. The number of amides is 5. The van der Waals surface area contributed by atoms with Crippen LogP contribution in [0.4, 0.5) is 4.79 Å². The lowest BCUT2D eigenvalue weighted by Gasteiger charge is -2.29. The van der Waals surface area contributed by atoms with Gasteiger partial charge >= 0.3 is 6.09 Å². The Morgan fingerprint density at radius 1 is 1.03 bits per heavy atom. The smallest absolute Gasteiger partial charge is 0.408 e. The molecule has 198 valence electrons. The molecule has 5 amide bonds. The van der Waals surface area contributed by atoms with Crippen LogP contribution in [0.25, 0.3) is 0 Å². The predicted octanol–water partition coefficient (Wildman–Crippen LogP) is 2.47. The molecule has 3 N–H and O–H groups in total. The Kier molecular flexibility index (Phi) is 7.39. The molecule has 0 aromatic heterocycles. The summed E-state index contributed by atoms with van der Waals surface area (Å²) >= 11 is 0. The number of hydrogen-bond donors (Lipinski definition) is 3. The van der Waals surface area contributed by atoms with Crippen LogP contribution >= 0.6 is 0 Å². The minimum atomic E-state index is -0.927. The van der Waals surface area contributed by atoms with E-state index < -0.39 is 24.1 Å². The zero-order valence-corrected chi connectivity index (χ0v) is 20.9. The van der Waals surface area contributed by atoms with E-state index in [2.05, 4.69) is 16.0 Å². The van der Waals surface area contributed by atoms with Crippen molar-refractivity contribution < 1.29 is 28.7 Å². The summed E-state index contributed by atoms with van der Waals surface area (Å²) in [4.78, 5) is 63.9. The van der Waals surface area contributed by atoms with E-state index >= 15 is 0 Å². The molecule has 2 aromatic rings. The topological polar surface area (TPSA) is 134 Å². The van der Waals surface area contributed by atoms with Crippen molar-refractivity contribution in [2.75, 3.05) is 0 Å². The average Bonchev–Trinajstić information content (AvgIpc) is 3.54. The molecule has 10 heteroatoms. The standard InChI is InChI=1S/C28H30N4O6/c33-23-13-12-22(25(34)30-23)32-16-19-14-17(10-11-21(19)27(32)36)15-29-26(35)24(18-6-2-1-3-7-18)31-28(37)38-20-8-4-5-9-20/h1-3,6-7,10-11,14,20,22,24H,4-5,8-9,12-13,15-16H2,(H,29,35)(H,31,37)(H,30,33,34)/t22?,24-/m0/s1. The maximum atomic E-state index is 13.2. The molecule has 1 saturated heterocycles. The van der Waals surface area contributed by atoms with Gasteiger partial charge in [-0.3, -0.25) is 24.5 Å². The Labute approximate surface area is 220 Å². The molecule has 1 aliphatic carbocycles. The summed E-state index contributed by atoms with van der Waals surface area (Å²) in [5, 5.41) is 7.88. The van der Waals surface area contributed by atoms with E-state index in [1.807, 2.05) is 12.1 Å². The zero-order valence-electron chi connectivity index (χ0n) is 20.9. The third kappa shape index (κ3) is 5.53. The maximum absolute atomic E-state index is 13.2. The van der Waals surface area contributed by atoms with E-state index in [-0.39, 0.29) is 43.3 Å². The van der Waals surface area contributed by atoms with Crippen molar-refractivity contribution in [1.82, 2.24) is 20.9 Å². The highest BCUT2D eigenvalue weighted by atomic mass is 16.6. The minimum Gasteiger partial charge on any atom is -0.446 e. The number of fused-ring (bicyclic) bond motifs is 1. The minimum absolute atomic E-state index is 0.122. The number of hydrogen-bond acceptors (Lipinski definition) is 6. The first-order chi connectivity index (χ1) is 18.4. The van der Waals surface area contributed by atoms with Crippen LogP contribution in [0, 0.1) is 0 Å². The molecule has 2 atom stereocenters. The molecule has 2 aromatic carbocycles. The summed E-state index contributed by atoms with van der Waals surface area (Å²) in [5.74, 6) is -1.43. The third-order valence-electron chi connectivity index (χ3n) is 7.29. The van der Waals surface area contributed by atoms with Gasteiger partial charge in [-0.1, -0.05) is 42.5 Å². The molecule has 0 spiro atoms. The summed E-state index contributed by atoms with van der Waals surface area (Å²) in [6, 6.07) is 12.6. The van der Waals surface area contributed by atoms with Gasteiger partial charge in [0.1, 0.15) is 18.2 Å². The monoisotopic (exact) mass is 518 g/mol. The Morgan fingerprint density at radius 2 is 1.79 bits per heavy atom. The Morgan fingerprint density at radius 3 is 2.53 bits per heavy atom. The summed E-state index contributed by atoms with van der Waals surface area (Å²) < 4.78 is 5.50. The summed E-state index contributed by atoms with van der Waals surface area (Å²) in [5.41, 5.74) is 2.66. The molecule has 0 radical (unpaired) electrons. The van der Waals surface area contributed by atoms with Gasteiger partial charge in [-0.2, -0.15) is 0 Å². The first-order valence-electron chi connectivity index (χ1n) is 13.0. The summed E-state index contributed by atoms with van der Waals surface area (Å²) in [6.45, 7) is 0.435. The first kappa shape index (κ1) is 25.4. The average molecular weight is 519 g/mol. The van der Waals surface area contributed by atoms with Crippen molar-refractivity contribution in [2.45, 2.75) is 69.8 Å². The van der Waals surface area contributed by atoms with Crippen LogP contribution in [-0.2, 0) is 32.2 Å². The van der Waals surface area contributed by atoms with E-state index in [9.17, 15) is 24.0 Å². The van der Waals surface area contributed by atoms with Crippen LogP contribution in [0.2, 0.25) is 0 Å². The Bertz CT molecular complexity index is 1260.